The molecule has 2 aliphatic rings. The average molecular weight is 476 g/mol. The largest absolute Gasteiger partial charge is 0.376 e. The Kier molecular flexibility index (Phi) is 9.31. The van der Waals surface area contributed by atoms with Gasteiger partial charge in [-0.2, -0.15) is 5.06 Å². The van der Waals surface area contributed by atoms with E-state index in [9.17, 15) is 4.79 Å². The molecule has 2 aromatic carbocycles. The van der Waals surface area contributed by atoms with E-state index >= 15 is 0 Å². The number of ketones is 1. The zero-order chi connectivity index (χ0) is 24.5. The van der Waals surface area contributed by atoms with Gasteiger partial charge in [0, 0.05) is 25.4 Å². The number of Topliss-reactive ketones (excluding diaryl/α,β-unsaturated/α-hetero) is 1. The Morgan fingerprint density at radius 1 is 1.06 bits per heavy atom. The number of hydrogen-bond acceptors (Lipinski definition) is 4. The van der Waals surface area contributed by atoms with Gasteiger partial charge in [-0.1, -0.05) is 86.7 Å². The lowest BCUT2D eigenvalue weighted by Gasteiger charge is -2.32. The van der Waals surface area contributed by atoms with E-state index in [1.165, 1.54) is 18.4 Å². The van der Waals surface area contributed by atoms with Crippen molar-refractivity contribution in [2.24, 2.45) is 17.3 Å². The first-order valence-corrected chi connectivity index (χ1v) is 13.3. The molecule has 1 saturated heterocycles. The van der Waals surface area contributed by atoms with E-state index in [1.54, 1.807) is 0 Å². The van der Waals surface area contributed by atoms with Crippen LogP contribution in [0.25, 0.3) is 0 Å². The molecule has 0 aromatic heterocycles. The number of benzene rings is 2. The molecule has 1 unspecified atom stereocenters. The highest BCUT2D eigenvalue weighted by atomic mass is 16.7. The Morgan fingerprint density at radius 2 is 1.71 bits per heavy atom. The molecule has 1 aliphatic carbocycles. The summed E-state index contributed by atoms with van der Waals surface area (Å²) >= 11 is 0. The van der Waals surface area contributed by atoms with Gasteiger partial charge in [-0.05, 0) is 54.6 Å². The molecule has 2 aromatic rings. The van der Waals surface area contributed by atoms with Crippen LogP contribution in [0.15, 0.2) is 72.8 Å². The van der Waals surface area contributed by atoms with Gasteiger partial charge in [-0.15, -0.1) is 0 Å². The minimum absolute atomic E-state index is 0.0117. The number of carbonyl (C=O) groups excluding carboxylic acids is 1. The van der Waals surface area contributed by atoms with Crippen molar-refractivity contribution in [3.63, 3.8) is 0 Å². The maximum absolute atomic E-state index is 12.9. The number of rotatable bonds is 13. The Hall–Kier alpha value is -2.27. The maximum atomic E-state index is 12.9. The van der Waals surface area contributed by atoms with Crippen LogP contribution in [0.1, 0.15) is 69.6 Å². The number of allylic oxidation sites excluding steroid dienone is 1. The zero-order valence-electron chi connectivity index (χ0n) is 21.4. The summed E-state index contributed by atoms with van der Waals surface area (Å²) in [7, 11) is 0. The third kappa shape index (κ3) is 8.13. The van der Waals surface area contributed by atoms with Crippen LogP contribution in [-0.2, 0) is 21.0 Å². The number of hydroxylamine groups is 2. The molecule has 0 spiro atoms. The Morgan fingerprint density at radius 3 is 2.37 bits per heavy atom. The van der Waals surface area contributed by atoms with Crippen molar-refractivity contribution >= 4 is 5.78 Å². The highest BCUT2D eigenvalue weighted by molar-refractivity contribution is 5.82. The van der Waals surface area contributed by atoms with Crippen LogP contribution < -0.4 is 0 Å². The quantitative estimate of drug-likeness (QED) is 0.295. The van der Waals surface area contributed by atoms with Crippen LogP contribution in [0.2, 0.25) is 0 Å². The fourth-order valence-electron chi connectivity index (χ4n) is 4.72. The number of ether oxygens (including phenoxy) is 1. The van der Waals surface area contributed by atoms with E-state index in [-0.39, 0.29) is 17.4 Å². The fraction of sp³-hybridized carbons (Fsp3) is 0.516. The van der Waals surface area contributed by atoms with Gasteiger partial charge in [0.05, 0.1) is 13.2 Å². The summed E-state index contributed by atoms with van der Waals surface area (Å²) in [6, 6.07) is 20.6. The van der Waals surface area contributed by atoms with Crippen molar-refractivity contribution in [3.8, 4) is 0 Å². The zero-order valence-corrected chi connectivity index (χ0v) is 21.4. The van der Waals surface area contributed by atoms with Gasteiger partial charge in [0.2, 0.25) is 0 Å². The topological polar surface area (TPSA) is 38.8 Å². The van der Waals surface area contributed by atoms with Crippen molar-refractivity contribution in [3.05, 3.63) is 83.9 Å². The number of nitrogens with zero attached hydrogens (tertiary/aromatic N) is 1. The van der Waals surface area contributed by atoms with Crippen molar-refractivity contribution in [1.82, 2.24) is 5.06 Å². The molecule has 0 bridgehead atoms. The first kappa shape index (κ1) is 25.8. The minimum atomic E-state index is -0.0773. The summed E-state index contributed by atoms with van der Waals surface area (Å²) in [5.74, 6) is 1.01. The lowest BCUT2D eigenvalue weighted by molar-refractivity contribution is -0.211. The highest BCUT2D eigenvalue weighted by Crippen LogP contribution is 2.51. The third-order valence-electron chi connectivity index (χ3n) is 7.46. The average Bonchev–Trinajstić information content (AvgIpc) is 3.65. The Balaban J connectivity index is 1.27. The fourth-order valence-corrected chi connectivity index (χ4v) is 4.72. The molecule has 0 N–H and O–H groups in total. The lowest BCUT2D eigenvalue weighted by Crippen LogP contribution is -2.34. The molecule has 2 atom stereocenters. The second-order valence-electron chi connectivity index (χ2n) is 10.7. The Labute approximate surface area is 211 Å². The molecule has 4 heteroatoms. The second kappa shape index (κ2) is 12.6. The molecule has 1 aliphatic heterocycles. The summed E-state index contributed by atoms with van der Waals surface area (Å²) < 4.78 is 5.82. The van der Waals surface area contributed by atoms with Crippen molar-refractivity contribution in [2.75, 3.05) is 19.7 Å². The van der Waals surface area contributed by atoms with Crippen LogP contribution in [-0.4, -0.2) is 30.5 Å². The summed E-state index contributed by atoms with van der Waals surface area (Å²) in [6.45, 7) is 7.34. The van der Waals surface area contributed by atoms with Crippen molar-refractivity contribution in [1.29, 1.82) is 0 Å². The van der Waals surface area contributed by atoms with Crippen LogP contribution in [0.4, 0.5) is 0 Å². The number of carbonyl (C=O) groups is 1. The lowest BCUT2D eigenvalue weighted by atomic mass is 9.92. The monoisotopic (exact) mass is 475 g/mol. The third-order valence-corrected chi connectivity index (χ3v) is 7.46. The molecule has 188 valence electrons. The standard InChI is InChI=1S/C31H41NO3/c1-25-15-20-32(21-16-25)35-30(28-12-7-4-8-13-28)14-9-17-31(18-19-31)22-29(33)26(2)23-34-24-27-10-5-3-6-11-27/h3-13,17,25-26,30H,14-16,18-24H2,1-2H3/b17-9-/t26-,30?/m1/s1. The number of hydrogen-bond donors (Lipinski definition) is 0. The molecule has 2 fully saturated rings. The van der Waals surface area contributed by atoms with Gasteiger partial charge < -0.3 is 4.74 Å². The molecule has 35 heavy (non-hydrogen) atoms. The van der Waals surface area contributed by atoms with Gasteiger partial charge in [-0.3, -0.25) is 9.63 Å². The molecular formula is C31H41NO3. The molecule has 4 nitrogen and oxygen atoms in total. The first-order valence-electron chi connectivity index (χ1n) is 13.3. The number of piperidine rings is 1. The van der Waals surface area contributed by atoms with Gasteiger partial charge in [0.1, 0.15) is 11.9 Å². The smallest absolute Gasteiger partial charge is 0.138 e. The van der Waals surface area contributed by atoms with Crippen LogP contribution in [0.5, 0.6) is 0 Å². The maximum Gasteiger partial charge on any atom is 0.138 e. The Bertz CT molecular complexity index is 930. The minimum Gasteiger partial charge on any atom is -0.376 e. The molecule has 1 saturated carbocycles. The summed E-state index contributed by atoms with van der Waals surface area (Å²) in [6.07, 6.45) is 10.5. The van der Waals surface area contributed by atoms with Crippen molar-refractivity contribution < 1.29 is 14.4 Å². The first-order chi connectivity index (χ1) is 17.0. The molecule has 0 amide bonds. The van der Waals surface area contributed by atoms with E-state index in [0.29, 0.717) is 25.4 Å². The summed E-state index contributed by atoms with van der Waals surface area (Å²) in [4.78, 5) is 19.4. The SMILES string of the molecule is CC1CCN(OC(C/C=C\C2(CC(=O)[C@H](C)COCc3ccccc3)CC2)c2ccccc2)CC1. The van der Waals surface area contributed by atoms with E-state index in [4.69, 9.17) is 9.57 Å². The van der Waals surface area contributed by atoms with Crippen LogP contribution >= 0.6 is 0 Å². The second-order valence-corrected chi connectivity index (χ2v) is 10.7. The van der Waals surface area contributed by atoms with E-state index in [0.717, 1.165) is 43.8 Å². The molecular weight excluding hydrogens is 434 g/mol. The summed E-state index contributed by atoms with van der Waals surface area (Å²) in [5.41, 5.74) is 2.39. The van der Waals surface area contributed by atoms with Crippen LogP contribution in [0.3, 0.4) is 0 Å². The van der Waals surface area contributed by atoms with Gasteiger partial charge in [-0.25, -0.2) is 0 Å². The molecule has 0 radical (unpaired) electrons. The van der Waals surface area contributed by atoms with E-state index in [2.05, 4.69) is 66.6 Å². The van der Waals surface area contributed by atoms with Gasteiger partial charge in [0.15, 0.2) is 0 Å². The van der Waals surface area contributed by atoms with E-state index in [1.807, 2.05) is 25.1 Å². The normalized spacial score (nSPS) is 20.1. The summed E-state index contributed by atoms with van der Waals surface area (Å²) in [5, 5.41) is 2.15. The van der Waals surface area contributed by atoms with E-state index < -0.39 is 0 Å². The van der Waals surface area contributed by atoms with Gasteiger partial charge >= 0.3 is 0 Å². The molecule has 1 heterocycles. The molecule has 4 rings (SSSR count). The van der Waals surface area contributed by atoms with Crippen molar-refractivity contribution in [2.45, 2.75) is 65.1 Å². The predicted octanol–water partition coefficient (Wildman–Crippen LogP) is 6.93. The van der Waals surface area contributed by atoms with Gasteiger partial charge in [0.25, 0.3) is 0 Å². The van der Waals surface area contributed by atoms with Crippen LogP contribution in [0, 0.1) is 17.3 Å². The predicted molar refractivity (Wildman–Crippen MR) is 141 cm³/mol. The highest BCUT2D eigenvalue weighted by Gasteiger charge is 2.42.